The first-order valence-corrected chi connectivity index (χ1v) is 10.5. The molecule has 2 fully saturated rings. The van der Waals surface area contributed by atoms with Gasteiger partial charge in [-0.3, -0.25) is 4.98 Å². The summed E-state index contributed by atoms with van der Waals surface area (Å²) in [5.74, 6) is 0.457. The molecule has 2 aliphatic rings. The Balaban J connectivity index is 1.28. The molecule has 2 N–H and O–H groups in total. The molecule has 9 heteroatoms. The molecule has 0 spiro atoms. The highest BCUT2D eigenvalue weighted by atomic mass is 16.8. The Morgan fingerprint density at radius 3 is 2.88 bits per heavy atom. The van der Waals surface area contributed by atoms with Crippen LogP contribution in [0.1, 0.15) is 20.1 Å². The third-order valence-corrected chi connectivity index (χ3v) is 5.97. The largest absolute Gasteiger partial charge is 0.491 e. The minimum atomic E-state index is -0.721. The number of benzene rings is 1. The minimum absolute atomic E-state index is 0.284. The second-order valence-electron chi connectivity index (χ2n) is 8.54. The molecule has 4 aromatic rings. The van der Waals surface area contributed by atoms with Crippen molar-refractivity contribution in [2.24, 2.45) is 0 Å². The predicted octanol–water partition coefficient (Wildman–Crippen LogP) is 3.06. The van der Waals surface area contributed by atoms with Gasteiger partial charge in [0.25, 0.3) is 0 Å². The van der Waals surface area contributed by atoms with Crippen molar-refractivity contribution >= 4 is 27.6 Å². The van der Waals surface area contributed by atoms with Crippen LogP contribution in [0.5, 0.6) is 5.75 Å². The molecule has 6 rings (SSSR count). The van der Waals surface area contributed by atoms with Crippen molar-refractivity contribution in [3.05, 3.63) is 55.2 Å². The lowest BCUT2D eigenvalue weighted by Crippen LogP contribution is -2.33. The van der Waals surface area contributed by atoms with Gasteiger partial charge in [0.2, 0.25) is 0 Å². The zero-order valence-electron chi connectivity index (χ0n) is 17.7. The molecule has 5 heterocycles. The van der Waals surface area contributed by atoms with Gasteiger partial charge < -0.3 is 29.2 Å². The molecule has 3 aromatic heterocycles. The van der Waals surface area contributed by atoms with Gasteiger partial charge in [-0.15, -0.1) is 0 Å². The molecule has 32 heavy (non-hydrogen) atoms. The SMILES string of the molecule is CC1(C)O[C@@H]2[C@H](O1)[C@@H](COc1ccc3ccncc3c1)O[C@H]2n1ccc2c(N)ncnc21. The molecule has 9 nitrogen and oxygen atoms in total. The van der Waals surface area contributed by atoms with Crippen LogP contribution in [0, 0.1) is 0 Å². The van der Waals surface area contributed by atoms with Gasteiger partial charge in [0.05, 0.1) is 5.39 Å². The van der Waals surface area contributed by atoms with Gasteiger partial charge in [-0.1, -0.05) is 6.07 Å². The van der Waals surface area contributed by atoms with Crippen LogP contribution in [-0.2, 0) is 14.2 Å². The first-order chi connectivity index (χ1) is 15.5. The van der Waals surface area contributed by atoms with E-state index in [-0.39, 0.29) is 18.3 Å². The summed E-state index contributed by atoms with van der Waals surface area (Å²) in [6, 6.07) is 9.79. The highest BCUT2D eigenvalue weighted by molar-refractivity contribution is 5.86. The fourth-order valence-electron chi connectivity index (χ4n) is 4.54. The number of pyridine rings is 1. The summed E-state index contributed by atoms with van der Waals surface area (Å²) in [5, 5.41) is 2.90. The Morgan fingerprint density at radius 2 is 1.97 bits per heavy atom. The van der Waals surface area contributed by atoms with E-state index in [1.165, 1.54) is 6.33 Å². The Morgan fingerprint density at radius 1 is 1.09 bits per heavy atom. The summed E-state index contributed by atoms with van der Waals surface area (Å²) in [5.41, 5.74) is 6.70. The Bertz CT molecular complexity index is 1310. The number of ether oxygens (including phenoxy) is 4. The lowest BCUT2D eigenvalue weighted by molar-refractivity contribution is -0.198. The lowest BCUT2D eigenvalue weighted by Gasteiger charge is -2.25. The maximum Gasteiger partial charge on any atom is 0.164 e. The fraction of sp³-hybridized carbons (Fsp3) is 0.348. The minimum Gasteiger partial charge on any atom is -0.491 e. The van der Waals surface area contributed by atoms with E-state index in [1.54, 1.807) is 6.20 Å². The smallest absolute Gasteiger partial charge is 0.164 e. The summed E-state index contributed by atoms with van der Waals surface area (Å²) in [6.45, 7) is 4.13. The fourth-order valence-corrected chi connectivity index (χ4v) is 4.54. The highest BCUT2D eigenvalue weighted by Gasteiger charge is 2.56. The van der Waals surface area contributed by atoms with Gasteiger partial charge in [0.1, 0.15) is 48.5 Å². The maximum atomic E-state index is 6.40. The number of nitrogen functional groups attached to an aromatic ring is 1. The van der Waals surface area contributed by atoms with Crippen LogP contribution >= 0.6 is 0 Å². The molecule has 0 radical (unpaired) electrons. The van der Waals surface area contributed by atoms with Crippen molar-refractivity contribution in [3.8, 4) is 5.75 Å². The zero-order chi connectivity index (χ0) is 21.9. The van der Waals surface area contributed by atoms with E-state index in [0.29, 0.717) is 18.1 Å². The first kappa shape index (κ1) is 19.4. The second-order valence-corrected chi connectivity index (χ2v) is 8.54. The van der Waals surface area contributed by atoms with Crippen molar-refractivity contribution in [1.29, 1.82) is 0 Å². The number of rotatable bonds is 4. The Kier molecular flexibility index (Phi) is 4.32. The number of hydrogen-bond acceptors (Lipinski definition) is 8. The lowest BCUT2D eigenvalue weighted by atomic mass is 10.1. The van der Waals surface area contributed by atoms with Crippen LogP contribution in [-0.4, -0.2) is 50.2 Å². The molecule has 0 amide bonds. The van der Waals surface area contributed by atoms with Crippen molar-refractivity contribution in [3.63, 3.8) is 0 Å². The summed E-state index contributed by atoms with van der Waals surface area (Å²) in [7, 11) is 0. The van der Waals surface area contributed by atoms with Crippen molar-refractivity contribution in [2.75, 3.05) is 12.3 Å². The van der Waals surface area contributed by atoms with Gasteiger partial charge in [0.15, 0.2) is 12.0 Å². The topological polar surface area (TPSA) is 107 Å². The molecule has 0 bridgehead atoms. The van der Waals surface area contributed by atoms with Crippen LogP contribution in [0.25, 0.3) is 21.8 Å². The van der Waals surface area contributed by atoms with Crippen LogP contribution in [0.15, 0.2) is 55.2 Å². The zero-order valence-corrected chi connectivity index (χ0v) is 17.7. The van der Waals surface area contributed by atoms with Gasteiger partial charge >= 0.3 is 0 Å². The molecule has 2 aliphatic heterocycles. The average Bonchev–Trinajstić information content (AvgIpc) is 3.44. The average molecular weight is 433 g/mol. The number of aromatic nitrogens is 4. The molecule has 4 atom stereocenters. The predicted molar refractivity (Wildman–Crippen MR) is 117 cm³/mol. The molecule has 164 valence electrons. The van der Waals surface area contributed by atoms with Crippen molar-refractivity contribution in [1.82, 2.24) is 19.5 Å². The molecule has 0 saturated carbocycles. The van der Waals surface area contributed by atoms with Crippen LogP contribution < -0.4 is 10.5 Å². The van der Waals surface area contributed by atoms with Crippen LogP contribution in [0.2, 0.25) is 0 Å². The van der Waals surface area contributed by atoms with Gasteiger partial charge in [-0.25, -0.2) is 9.97 Å². The third-order valence-electron chi connectivity index (χ3n) is 5.97. The third kappa shape index (κ3) is 3.17. The van der Waals surface area contributed by atoms with E-state index in [9.17, 15) is 0 Å². The Labute approximate surface area is 184 Å². The molecule has 1 aromatic carbocycles. The number of nitrogens with two attached hydrogens (primary N) is 1. The van der Waals surface area contributed by atoms with Gasteiger partial charge in [-0.05, 0) is 43.5 Å². The molecular weight excluding hydrogens is 410 g/mol. The van der Waals surface area contributed by atoms with E-state index in [4.69, 9.17) is 24.7 Å². The van der Waals surface area contributed by atoms with Gasteiger partial charge in [0, 0.05) is 24.0 Å². The quantitative estimate of drug-likeness (QED) is 0.523. The summed E-state index contributed by atoms with van der Waals surface area (Å²) in [6.07, 6.45) is 5.59. The van der Waals surface area contributed by atoms with Gasteiger partial charge in [-0.2, -0.15) is 0 Å². The monoisotopic (exact) mass is 433 g/mol. The normalized spacial score (nSPS) is 26.6. The summed E-state index contributed by atoms with van der Waals surface area (Å²) >= 11 is 0. The highest BCUT2D eigenvalue weighted by Crippen LogP contribution is 2.44. The first-order valence-electron chi connectivity index (χ1n) is 10.5. The van der Waals surface area contributed by atoms with E-state index < -0.39 is 12.0 Å². The molecule has 0 unspecified atom stereocenters. The molecule has 2 saturated heterocycles. The van der Waals surface area contributed by atoms with Crippen LogP contribution in [0.4, 0.5) is 5.82 Å². The van der Waals surface area contributed by atoms with E-state index in [1.807, 2.05) is 61.1 Å². The van der Waals surface area contributed by atoms with E-state index in [0.717, 1.165) is 21.9 Å². The van der Waals surface area contributed by atoms with Crippen molar-refractivity contribution in [2.45, 2.75) is 44.2 Å². The number of fused-ring (bicyclic) bond motifs is 3. The Hall–Kier alpha value is -3.27. The van der Waals surface area contributed by atoms with E-state index in [2.05, 4.69) is 15.0 Å². The van der Waals surface area contributed by atoms with Crippen LogP contribution in [0.3, 0.4) is 0 Å². The number of anilines is 1. The molecular formula is C23H23N5O4. The summed E-state index contributed by atoms with van der Waals surface area (Å²) in [4.78, 5) is 12.7. The van der Waals surface area contributed by atoms with Crippen molar-refractivity contribution < 1.29 is 18.9 Å². The maximum absolute atomic E-state index is 6.40. The molecule has 0 aliphatic carbocycles. The second kappa shape index (κ2) is 7.13. The number of hydrogen-bond donors (Lipinski definition) is 1. The van der Waals surface area contributed by atoms with E-state index >= 15 is 0 Å². The number of nitrogens with zero attached hydrogens (tertiary/aromatic N) is 4. The summed E-state index contributed by atoms with van der Waals surface area (Å²) < 4.78 is 26.9. The standard InChI is InChI=1S/C23H23N5O4/c1-23(2)31-18-17(11-29-15-4-3-13-5-7-25-10-14(13)9-15)30-22(19(18)32-23)28-8-6-16-20(24)26-12-27-21(16)28/h3-10,12,17-19,22H,11H2,1-2H3,(H2,24,26,27)/t17-,18-,19-,22-/m1/s1.